The molecule has 1 saturated heterocycles. The van der Waals surface area contributed by atoms with Crippen LogP contribution in [0.4, 0.5) is 0 Å². The maximum absolute atomic E-state index is 3.75. The molecule has 16 heavy (non-hydrogen) atoms. The summed E-state index contributed by atoms with van der Waals surface area (Å²) in [5.74, 6) is 0.763. The Hall–Kier alpha value is -0.340. The number of hydrogen-bond acceptors (Lipinski definition) is 1. The first-order valence-corrected chi connectivity index (χ1v) is 6.98. The van der Waals surface area contributed by atoms with Gasteiger partial charge in [-0.25, -0.2) is 0 Å². The number of likely N-dealkylation sites (tertiary alicyclic amines) is 1. The van der Waals surface area contributed by atoms with Crippen LogP contribution in [0.1, 0.15) is 24.5 Å². The van der Waals surface area contributed by atoms with Crippen molar-refractivity contribution in [1.82, 2.24) is 4.90 Å². The molecule has 0 aromatic heterocycles. The van der Waals surface area contributed by atoms with E-state index in [2.05, 4.69) is 58.9 Å². The second kappa shape index (κ2) is 5.33. The zero-order valence-electron chi connectivity index (χ0n) is 10.1. The van der Waals surface area contributed by atoms with Crippen LogP contribution in [0.25, 0.3) is 0 Å². The zero-order chi connectivity index (χ0) is 11.5. The molecule has 1 nitrogen and oxygen atoms in total. The summed E-state index contributed by atoms with van der Waals surface area (Å²) in [7, 11) is 0. The molecule has 0 aliphatic carbocycles. The summed E-state index contributed by atoms with van der Waals surface area (Å²) < 4.78 is 0. The lowest BCUT2D eigenvalue weighted by Gasteiger charge is -2.34. The van der Waals surface area contributed by atoms with Crippen molar-refractivity contribution in [3.63, 3.8) is 0 Å². The lowest BCUT2D eigenvalue weighted by atomic mass is 9.99. The highest BCUT2D eigenvalue weighted by molar-refractivity contribution is 9.09. The Balaban J connectivity index is 1.95. The van der Waals surface area contributed by atoms with E-state index < -0.39 is 0 Å². The van der Waals surface area contributed by atoms with Gasteiger partial charge in [0.05, 0.1) is 0 Å². The molecule has 88 valence electrons. The molecular formula is C14H20BrN. The second-order valence-electron chi connectivity index (χ2n) is 5.01. The van der Waals surface area contributed by atoms with Gasteiger partial charge in [-0.1, -0.05) is 52.7 Å². The normalized spacial score (nSPS) is 26.9. The standard InChI is InChI=1S/C14H20BrN/c1-11-4-3-5-13(8-11)10-16-7-6-14(15)12(2)9-16/h3-5,8,12,14H,6-7,9-10H2,1-2H3. The molecule has 1 aliphatic heterocycles. The third-order valence-electron chi connectivity index (χ3n) is 3.37. The Morgan fingerprint density at radius 1 is 1.44 bits per heavy atom. The van der Waals surface area contributed by atoms with Crippen molar-refractivity contribution >= 4 is 15.9 Å². The van der Waals surface area contributed by atoms with Crippen molar-refractivity contribution in [3.05, 3.63) is 35.4 Å². The number of nitrogens with zero attached hydrogens (tertiary/aromatic N) is 1. The number of aryl methyl sites for hydroxylation is 1. The molecule has 2 atom stereocenters. The van der Waals surface area contributed by atoms with Crippen molar-refractivity contribution in [2.75, 3.05) is 13.1 Å². The summed E-state index contributed by atoms with van der Waals surface area (Å²) in [6.45, 7) is 8.03. The molecule has 2 unspecified atom stereocenters. The van der Waals surface area contributed by atoms with Crippen molar-refractivity contribution < 1.29 is 0 Å². The molecule has 0 bridgehead atoms. The average Bonchev–Trinajstić information content (AvgIpc) is 2.24. The predicted octanol–water partition coefficient (Wildman–Crippen LogP) is 3.60. The van der Waals surface area contributed by atoms with Crippen LogP contribution in [-0.2, 0) is 6.54 Å². The average molecular weight is 282 g/mol. The van der Waals surface area contributed by atoms with E-state index in [0.717, 1.165) is 12.5 Å². The molecule has 2 heteroatoms. The summed E-state index contributed by atoms with van der Waals surface area (Å²) in [6.07, 6.45) is 1.27. The minimum atomic E-state index is 0.709. The number of halogens is 1. The van der Waals surface area contributed by atoms with Gasteiger partial charge in [-0.3, -0.25) is 4.90 Å². The van der Waals surface area contributed by atoms with Crippen LogP contribution in [0.15, 0.2) is 24.3 Å². The molecule has 1 aromatic rings. The Labute approximate surface area is 107 Å². The van der Waals surface area contributed by atoms with Crippen LogP contribution in [0.2, 0.25) is 0 Å². The SMILES string of the molecule is Cc1cccc(CN2CCC(Br)C(C)C2)c1. The van der Waals surface area contributed by atoms with Crippen molar-refractivity contribution in [2.45, 2.75) is 31.6 Å². The Morgan fingerprint density at radius 3 is 2.94 bits per heavy atom. The highest BCUT2D eigenvalue weighted by Crippen LogP contribution is 2.24. The lowest BCUT2D eigenvalue weighted by molar-refractivity contribution is 0.183. The van der Waals surface area contributed by atoms with Gasteiger partial charge in [0.15, 0.2) is 0 Å². The number of alkyl halides is 1. The van der Waals surface area contributed by atoms with Gasteiger partial charge >= 0.3 is 0 Å². The molecule has 1 fully saturated rings. The topological polar surface area (TPSA) is 3.24 Å². The minimum absolute atomic E-state index is 0.709. The van der Waals surface area contributed by atoms with Crippen molar-refractivity contribution in [3.8, 4) is 0 Å². The van der Waals surface area contributed by atoms with E-state index in [1.54, 1.807) is 0 Å². The van der Waals surface area contributed by atoms with Gasteiger partial charge in [0.1, 0.15) is 0 Å². The summed E-state index contributed by atoms with van der Waals surface area (Å²) in [4.78, 5) is 3.28. The van der Waals surface area contributed by atoms with Gasteiger partial charge < -0.3 is 0 Å². The number of piperidine rings is 1. The number of rotatable bonds is 2. The smallest absolute Gasteiger partial charge is 0.0233 e. The highest BCUT2D eigenvalue weighted by Gasteiger charge is 2.23. The maximum Gasteiger partial charge on any atom is 0.0233 e. The number of benzene rings is 1. The van der Waals surface area contributed by atoms with Crippen LogP contribution >= 0.6 is 15.9 Å². The molecule has 2 rings (SSSR count). The van der Waals surface area contributed by atoms with Crippen LogP contribution in [0.3, 0.4) is 0 Å². The van der Waals surface area contributed by atoms with Crippen molar-refractivity contribution in [1.29, 1.82) is 0 Å². The predicted molar refractivity (Wildman–Crippen MR) is 73.0 cm³/mol. The molecule has 0 radical (unpaired) electrons. The summed E-state index contributed by atoms with van der Waals surface area (Å²) >= 11 is 3.75. The Bertz CT molecular complexity index is 350. The van der Waals surface area contributed by atoms with E-state index in [-0.39, 0.29) is 0 Å². The van der Waals surface area contributed by atoms with E-state index in [4.69, 9.17) is 0 Å². The molecule has 0 amide bonds. The monoisotopic (exact) mass is 281 g/mol. The van der Waals surface area contributed by atoms with Gasteiger partial charge in [-0.15, -0.1) is 0 Å². The summed E-state index contributed by atoms with van der Waals surface area (Å²) in [5.41, 5.74) is 2.81. The van der Waals surface area contributed by atoms with Crippen LogP contribution in [0.5, 0.6) is 0 Å². The fraction of sp³-hybridized carbons (Fsp3) is 0.571. The Morgan fingerprint density at radius 2 is 2.25 bits per heavy atom. The number of hydrogen-bond donors (Lipinski definition) is 0. The third kappa shape index (κ3) is 3.08. The highest BCUT2D eigenvalue weighted by atomic mass is 79.9. The van der Waals surface area contributed by atoms with Crippen LogP contribution < -0.4 is 0 Å². The molecule has 1 aliphatic rings. The van der Waals surface area contributed by atoms with E-state index in [1.807, 2.05) is 0 Å². The fourth-order valence-corrected chi connectivity index (χ4v) is 2.79. The van der Waals surface area contributed by atoms with Gasteiger partial charge in [-0.2, -0.15) is 0 Å². The van der Waals surface area contributed by atoms with E-state index in [9.17, 15) is 0 Å². The van der Waals surface area contributed by atoms with Gasteiger partial charge in [0.2, 0.25) is 0 Å². The van der Waals surface area contributed by atoms with E-state index in [1.165, 1.54) is 30.6 Å². The summed E-state index contributed by atoms with van der Waals surface area (Å²) in [6, 6.07) is 8.85. The van der Waals surface area contributed by atoms with Gasteiger partial charge in [0, 0.05) is 17.9 Å². The van der Waals surface area contributed by atoms with E-state index >= 15 is 0 Å². The van der Waals surface area contributed by atoms with Crippen molar-refractivity contribution in [2.24, 2.45) is 5.92 Å². The van der Waals surface area contributed by atoms with Gasteiger partial charge in [-0.05, 0) is 31.4 Å². The molecule has 0 N–H and O–H groups in total. The Kier molecular flexibility index (Phi) is 4.04. The molecule has 1 aromatic carbocycles. The lowest BCUT2D eigenvalue weighted by Crippen LogP contribution is -2.39. The first kappa shape index (κ1) is 12.1. The fourth-order valence-electron chi connectivity index (χ4n) is 2.42. The maximum atomic E-state index is 3.75. The van der Waals surface area contributed by atoms with E-state index in [0.29, 0.717) is 4.83 Å². The quantitative estimate of drug-likeness (QED) is 0.749. The molecular weight excluding hydrogens is 262 g/mol. The third-order valence-corrected chi connectivity index (χ3v) is 4.73. The molecule has 1 heterocycles. The molecule has 0 spiro atoms. The first-order valence-electron chi connectivity index (χ1n) is 6.07. The zero-order valence-corrected chi connectivity index (χ0v) is 11.7. The van der Waals surface area contributed by atoms with Crippen LogP contribution in [0, 0.1) is 12.8 Å². The van der Waals surface area contributed by atoms with Crippen LogP contribution in [-0.4, -0.2) is 22.8 Å². The minimum Gasteiger partial charge on any atom is -0.299 e. The molecule has 0 saturated carbocycles. The largest absolute Gasteiger partial charge is 0.299 e. The first-order chi connectivity index (χ1) is 7.65. The second-order valence-corrected chi connectivity index (χ2v) is 6.18. The summed E-state index contributed by atoms with van der Waals surface area (Å²) in [5, 5.41) is 0. The van der Waals surface area contributed by atoms with Gasteiger partial charge in [0.25, 0.3) is 0 Å².